The number of rotatable bonds is 3. The summed E-state index contributed by atoms with van der Waals surface area (Å²) in [4.78, 5) is 21.5. The van der Waals surface area contributed by atoms with Crippen LogP contribution in [-0.4, -0.2) is 43.1 Å². The molecule has 168 valence electrons. The van der Waals surface area contributed by atoms with Crippen molar-refractivity contribution in [1.29, 1.82) is 0 Å². The molecule has 0 bridgehead atoms. The summed E-state index contributed by atoms with van der Waals surface area (Å²) >= 11 is 0. The van der Waals surface area contributed by atoms with Gasteiger partial charge in [-0.05, 0) is 43.2 Å². The molecule has 0 N–H and O–H groups in total. The van der Waals surface area contributed by atoms with Crippen LogP contribution in [0.3, 0.4) is 0 Å². The first-order valence-corrected chi connectivity index (χ1v) is 11.1. The van der Waals surface area contributed by atoms with Crippen LogP contribution in [0.5, 0.6) is 0 Å². The number of carbonyl (C=O) groups is 1. The van der Waals surface area contributed by atoms with Crippen molar-refractivity contribution in [3.05, 3.63) is 83.7 Å². The average molecular weight is 448 g/mol. The van der Waals surface area contributed by atoms with E-state index in [4.69, 9.17) is 0 Å². The monoisotopic (exact) mass is 448 g/mol. The molecule has 1 fully saturated rings. The first kappa shape index (κ1) is 19.9. The van der Waals surface area contributed by atoms with E-state index in [-0.39, 0.29) is 11.9 Å². The molecule has 5 heterocycles. The van der Waals surface area contributed by atoms with Gasteiger partial charge in [-0.1, -0.05) is 0 Å². The molecule has 2 aliphatic rings. The van der Waals surface area contributed by atoms with Gasteiger partial charge >= 0.3 is 0 Å². The molecule has 1 unspecified atom stereocenters. The van der Waals surface area contributed by atoms with Gasteiger partial charge in [-0.3, -0.25) is 4.79 Å². The van der Waals surface area contributed by atoms with E-state index < -0.39 is 11.6 Å². The second-order valence-electron chi connectivity index (χ2n) is 8.55. The molecule has 1 amide bonds. The zero-order valence-electron chi connectivity index (χ0n) is 17.9. The highest BCUT2D eigenvalue weighted by Gasteiger charge is 2.30. The first-order chi connectivity index (χ1) is 16.1. The van der Waals surface area contributed by atoms with E-state index in [1.165, 1.54) is 12.1 Å². The second kappa shape index (κ2) is 7.68. The number of imidazole rings is 1. The Labute approximate surface area is 188 Å². The van der Waals surface area contributed by atoms with Crippen LogP contribution in [0.25, 0.3) is 5.52 Å². The smallest absolute Gasteiger partial charge is 0.258 e. The molecule has 7 nitrogen and oxygen atoms in total. The van der Waals surface area contributed by atoms with E-state index >= 15 is 0 Å². The van der Waals surface area contributed by atoms with Gasteiger partial charge in [0.2, 0.25) is 0 Å². The van der Waals surface area contributed by atoms with Gasteiger partial charge in [0, 0.05) is 49.5 Å². The number of fused-ring (bicyclic) bond motifs is 2. The molecule has 1 atom stereocenters. The fraction of sp³-hybridized carbons (Fsp3) is 0.292. The summed E-state index contributed by atoms with van der Waals surface area (Å²) in [7, 11) is 0. The van der Waals surface area contributed by atoms with Crippen molar-refractivity contribution in [2.24, 2.45) is 0 Å². The molecule has 0 spiro atoms. The van der Waals surface area contributed by atoms with E-state index in [2.05, 4.69) is 19.5 Å². The van der Waals surface area contributed by atoms with E-state index in [0.29, 0.717) is 36.3 Å². The van der Waals surface area contributed by atoms with Gasteiger partial charge in [0.25, 0.3) is 5.91 Å². The third-order valence-corrected chi connectivity index (χ3v) is 6.67. The Hall–Kier alpha value is -3.75. The highest BCUT2D eigenvalue weighted by molar-refractivity contribution is 6.01. The number of nitrogens with zero attached hydrogens (tertiary/aromatic N) is 6. The summed E-state index contributed by atoms with van der Waals surface area (Å²) in [5, 5.41) is 4.36. The van der Waals surface area contributed by atoms with Gasteiger partial charge in [-0.15, -0.1) is 0 Å². The van der Waals surface area contributed by atoms with Gasteiger partial charge in [-0.25, -0.2) is 18.3 Å². The van der Waals surface area contributed by atoms with E-state index in [1.807, 2.05) is 24.5 Å². The molecule has 0 saturated carbocycles. The molecule has 9 heteroatoms. The molecule has 3 aromatic heterocycles. The van der Waals surface area contributed by atoms with Crippen molar-refractivity contribution >= 4 is 17.1 Å². The quantitative estimate of drug-likeness (QED) is 0.478. The number of hydrogen-bond donors (Lipinski definition) is 0. The van der Waals surface area contributed by atoms with Crippen molar-refractivity contribution < 1.29 is 13.6 Å². The zero-order chi connectivity index (χ0) is 22.5. The van der Waals surface area contributed by atoms with Gasteiger partial charge in [0.15, 0.2) is 0 Å². The Bertz CT molecular complexity index is 1360. The van der Waals surface area contributed by atoms with Crippen LogP contribution in [-0.2, 0) is 13.1 Å². The van der Waals surface area contributed by atoms with Gasteiger partial charge in [-0.2, -0.15) is 5.10 Å². The second-order valence-corrected chi connectivity index (χ2v) is 8.55. The predicted molar refractivity (Wildman–Crippen MR) is 118 cm³/mol. The minimum absolute atomic E-state index is 0.0921. The zero-order valence-corrected chi connectivity index (χ0v) is 17.9. The van der Waals surface area contributed by atoms with Crippen molar-refractivity contribution in [2.45, 2.75) is 32.0 Å². The lowest BCUT2D eigenvalue weighted by atomic mass is 10.0. The SMILES string of the molecule is O=C(c1cnn2ccc(N3CCCC3c3cc(F)ccc3F)cc12)N1CCn2ccnc2C1. The van der Waals surface area contributed by atoms with E-state index in [0.717, 1.165) is 37.0 Å². The van der Waals surface area contributed by atoms with E-state index in [1.54, 1.807) is 21.8 Å². The minimum Gasteiger partial charge on any atom is -0.364 e. The van der Waals surface area contributed by atoms with E-state index in [9.17, 15) is 13.6 Å². The van der Waals surface area contributed by atoms with Crippen LogP contribution in [0.4, 0.5) is 14.5 Å². The van der Waals surface area contributed by atoms with Crippen molar-refractivity contribution in [1.82, 2.24) is 24.1 Å². The summed E-state index contributed by atoms with van der Waals surface area (Å²) in [6.07, 6.45) is 8.68. The Morgan fingerprint density at radius 3 is 2.88 bits per heavy atom. The summed E-state index contributed by atoms with van der Waals surface area (Å²) in [6.45, 7) is 2.49. The number of carbonyl (C=O) groups excluding carboxylic acids is 1. The van der Waals surface area contributed by atoms with Gasteiger partial charge in [0.1, 0.15) is 17.5 Å². The fourth-order valence-electron chi connectivity index (χ4n) is 5.00. The first-order valence-electron chi connectivity index (χ1n) is 11.1. The maximum atomic E-state index is 14.5. The lowest BCUT2D eigenvalue weighted by molar-refractivity contribution is 0.0709. The number of anilines is 1. The van der Waals surface area contributed by atoms with Crippen molar-refractivity contribution in [2.75, 3.05) is 18.0 Å². The number of benzene rings is 1. The molecule has 2 aliphatic heterocycles. The Kier molecular flexibility index (Phi) is 4.63. The van der Waals surface area contributed by atoms with Crippen LogP contribution < -0.4 is 4.90 Å². The number of halogens is 2. The van der Waals surface area contributed by atoms with Crippen LogP contribution in [0.2, 0.25) is 0 Å². The topological polar surface area (TPSA) is 58.7 Å². The number of pyridine rings is 1. The standard InChI is InChI=1S/C24H22F2N6O/c25-16-3-4-20(26)18(12-16)21-2-1-7-31(21)17-5-8-32-22(13-17)19(14-28-32)24(33)30-11-10-29-9-6-27-23(29)15-30/h3-6,8-9,12-14,21H,1-2,7,10-11,15H2. The lowest BCUT2D eigenvalue weighted by Crippen LogP contribution is -2.38. The maximum Gasteiger partial charge on any atom is 0.258 e. The third-order valence-electron chi connectivity index (χ3n) is 6.67. The number of aromatic nitrogens is 4. The highest BCUT2D eigenvalue weighted by Crippen LogP contribution is 2.38. The predicted octanol–water partition coefficient (Wildman–Crippen LogP) is 3.81. The number of hydrogen-bond acceptors (Lipinski definition) is 4. The molecule has 1 aromatic carbocycles. The maximum absolute atomic E-state index is 14.5. The molecular weight excluding hydrogens is 426 g/mol. The van der Waals surface area contributed by atoms with Gasteiger partial charge in [0.05, 0.1) is 29.9 Å². The summed E-state index contributed by atoms with van der Waals surface area (Å²) in [5.41, 5.74) is 2.43. The fourth-order valence-corrected chi connectivity index (χ4v) is 5.00. The summed E-state index contributed by atoms with van der Waals surface area (Å²) in [6, 6.07) is 7.17. The van der Waals surface area contributed by atoms with Crippen molar-refractivity contribution in [3.63, 3.8) is 0 Å². The Balaban J connectivity index is 1.33. The molecule has 1 saturated heterocycles. The van der Waals surface area contributed by atoms with Crippen LogP contribution >= 0.6 is 0 Å². The third kappa shape index (κ3) is 3.35. The van der Waals surface area contributed by atoms with Crippen molar-refractivity contribution in [3.8, 4) is 0 Å². The molecule has 0 radical (unpaired) electrons. The molecule has 33 heavy (non-hydrogen) atoms. The highest BCUT2D eigenvalue weighted by atomic mass is 19.1. The molecular formula is C24H22F2N6O. The summed E-state index contributed by atoms with van der Waals surface area (Å²) in [5.74, 6) is -0.0769. The lowest BCUT2D eigenvalue weighted by Gasteiger charge is -2.28. The van der Waals surface area contributed by atoms with Gasteiger partial charge < -0.3 is 14.4 Å². The van der Waals surface area contributed by atoms with Crippen LogP contribution in [0, 0.1) is 11.6 Å². The largest absolute Gasteiger partial charge is 0.364 e. The minimum atomic E-state index is -0.445. The average Bonchev–Trinajstić information content (AvgIpc) is 3.58. The molecule has 0 aliphatic carbocycles. The number of amides is 1. The van der Waals surface area contributed by atoms with Crippen LogP contribution in [0.15, 0.2) is 55.1 Å². The Morgan fingerprint density at radius 2 is 1.97 bits per heavy atom. The van der Waals surface area contributed by atoms with Crippen LogP contribution in [0.1, 0.15) is 40.6 Å². The molecule has 6 rings (SSSR count). The summed E-state index contributed by atoms with van der Waals surface area (Å²) < 4.78 is 32.1. The Morgan fingerprint density at radius 1 is 1.06 bits per heavy atom. The molecule has 4 aromatic rings. The normalized spacial score (nSPS) is 18.2.